The van der Waals surface area contributed by atoms with Crippen LogP contribution < -0.4 is 11.5 Å². The number of hydrogen-bond acceptors (Lipinski definition) is 6. The van der Waals surface area contributed by atoms with Crippen molar-refractivity contribution >= 4 is 28.8 Å². The van der Waals surface area contributed by atoms with E-state index in [1.807, 2.05) is 0 Å². The van der Waals surface area contributed by atoms with E-state index in [4.69, 9.17) is 11.5 Å². The summed E-state index contributed by atoms with van der Waals surface area (Å²) in [5, 5.41) is 0.581. The maximum absolute atomic E-state index is 11.4. The van der Waals surface area contributed by atoms with Gasteiger partial charge in [0.25, 0.3) is 0 Å². The zero-order valence-corrected chi connectivity index (χ0v) is 8.89. The first kappa shape index (κ1) is 10.2. The minimum atomic E-state index is -0.460. The molecule has 0 atom stereocenters. The lowest BCUT2D eigenvalue weighted by molar-refractivity contribution is 0.0590. The van der Waals surface area contributed by atoms with E-state index >= 15 is 0 Å². The average Bonchev–Trinajstić information content (AvgIpc) is 2.56. The quantitative estimate of drug-likeness (QED) is 0.652. The summed E-state index contributed by atoms with van der Waals surface area (Å²) in [6.45, 7) is 0. The van der Waals surface area contributed by atoms with Gasteiger partial charge in [-0.1, -0.05) is 0 Å². The molecule has 2 heterocycles. The van der Waals surface area contributed by atoms with Gasteiger partial charge in [-0.05, 0) is 6.07 Å². The number of nitrogens with zero attached hydrogens (tertiary/aromatic N) is 3. The molecule has 0 unspecified atom stereocenters. The molecule has 0 saturated heterocycles. The lowest BCUT2D eigenvalue weighted by atomic mass is 10.3. The maximum atomic E-state index is 11.4. The maximum Gasteiger partial charge on any atom is 0.354 e. The number of fused-ring (bicyclic) bond motifs is 1. The van der Waals surface area contributed by atoms with E-state index in [1.165, 1.54) is 7.11 Å². The van der Waals surface area contributed by atoms with E-state index in [0.717, 1.165) is 0 Å². The highest BCUT2D eigenvalue weighted by Crippen LogP contribution is 2.22. The van der Waals surface area contributed by atoms with Gasteiger partial charge in [0.1, 0.15) is 17.2 Å². The molecule has 0 aliphatic rings. The number of aryl methyl sites for hydroxylation is 1. The Bertz CT molecular complexity index is 575. The van der Waals surface area contributed by atoms with Gasteiger partial charge in [0.15, 0.2) is 0 Å². The van der Waals surface area contributed by atoms with E-state index in [2.05, 4.69) is 14.7 Å². The van der Waals surface area contributed by atoms with Crippen molar-refractivity contribution in [1.29, 1.82) is 0 Å². The van der Waals surface area contributed by atoms with Gasteiger partial charge in [-0.3, -0.25) is 0 Å². The molecule has 0 aromatic carbocycles. The molecule has 2 aromatic heterocycles. The number of hydrogen-bond donors (Lipinski definition) is 2. The molecule has 16 heavy (non-hydrogen) atoms. The highest BCUT2D eigenvalue weighted by atomic mass is 16.5. The van der Waals surface area contributed by atoms with Crippen LogP contribution >= 0.6 is 0 Å². The van der Waals surface area contributed by atoms with Gasteiger partial charge in [-0.25, -0.2) is 4.79 Å². The van der Waals surface area contributed by atoms with Crippen LogP contribution in [0, 0.1) is 0 Å². The molecule has 4 N–H and O–H groups in total. The molecule has 0 aliphatic heterocycles. The second-order valence-electron chi connectivity index (χ2n) is 3.28. The molecule has 7 nitrogen and oxygen atoms in total. The van der Waals surface area contributed by atoms with Crippen molar-refractivity contribution in [3.8, 4) is 0 Å². The molecule has 2 rings (SSSR count). The fourth-order valence-electron chi connectivity index (χ4n) is 1.53. The highest BCUT2D eigenvalue weighted by molar-refractivity contribution is 5.97. The molecule has 0 spiro atoms. The Morgan fingerprint density at radius 1 is 1.44 bits per heavy atom. The number of carbonyl (C=O) groups is 1. The normalized spacial score (nSPS) is 10.6. The molecule has 0 bridgehead atoms. The first-order valence-electron chi connectivity index (χ1n) is 4.51. The minimum Gasteiger partial charge on any atom is -0.464 e. The lowest BCUT2D eigenvalue weighted by Gasteiger charge is -2.01. The Balaban J connectivity index is 2.77. The zero-order valence-electron chi connectivity index (χ0n) is 8.89. The summed E-state index contributed by atoms with van der Waals surface area (Å²) in [5.41, 5.74) is 12.0. The van der Waals surface area contributed by atoms with Gasteiger partial charge in [0, 0.05) is 7.05 Å². The van der Waals surface area contributed by atoms with Gasteiger partial charge in [0.2, 0.25) is 5.95 Å². The topological polar surface area (TPSA) is 109 Å². The van der Waals surface area contributed by atoms with E-state index < -0.39 is 5.97 Å². The Hall–Kier alpha value is -2.31. The number of methoxy groups -OCH3 is 1. The summed E-state index contributed by atoms with van der Waals surface area (Å²) >= 11 is 0. The molecule has 84 valence electrons. The summed E-state index contributed by atoms with van der Waals surface area (Å²) in [6.07, 6.45) is 0. The first-order valence-corrected chi connectivity index (χ1v) is 4.51. The Morgan fingerprint density at radius 3 is 2.75 bits per heavy atom. The summed E-state index contributed by atoms with van der Waals surface area (Å²) in [5.74, 6) is -0.144. The van der Waals surface area contributed by atoms with E-state index in [1.54, 1.807) is 17.7 Å². The number of nitrogens with two attached hydrogens (primary N) is 2. The predicted molar refractivity (Wildman–Crippen MR) is 58.7 cm³/mol. The molecular formula is C9H11N5O2. The second-order valence-corrected chi connectivity index (χ2v) is 3.28. The zero-order chi connectivity index (χ0) is 11.9. The molecule has 0 aliphatic carbocycles. The van der Waals surface area contributed by atoms with Crippen LogP contribution in [0.4, 0.5) is 11.8 Å². The Kier molecular flexibility index (Phi) is 2.15. The molecule has 0 fully saturated rings. The number of carbonyl (C=O) groups excluding carboxylic acids is 1. The number of ether oxygens (including phenoxy) is 1. The number of rotatable bonds is 1. The van der Waals surface area contributed by atoms with Gasteiger partial charge >= 0.3 is 5.97 Å². The second kappa shape index (κ2) is 3.37. The monoisotopic (exact) mass is 221 g/mol. The first-order chi connectivity index (χ1) is 7.54. The van der Waals surface area contributed by atoms with Crippen molar-refractivity contribution in [2.45, 2.75) is 0 Å². The highest BCUT2D eigenvalue weighted by Gasteiger charge is 2.16. The van der Waals surface area contributed by atoms with Crippen molar-refractivity contribution in [3.05, 3.63) is 11.8 Å². The largest absolute Gasteiger partial charge is 0.464 e. The van der Waals surface area contributed by atoms with Crippen molar-refractivity contribution in [2.24, 2.45) is 7.05 Å². The van der Waals surface area contributed by atoms with Gasteiger partial charge < -0.3 is 20.8 Å². The molecule has 0 amide bonds. The number of esters is 1. The van der Waals surface area contributed by atoms with E-state index in [9.17, 15) is 4.79 Å². The number of nitrogen functional groups attached to an aromatic ring is 2. The predicted octanol–water partition coefficient (Wildman–Crippen LogP) is -0.0807. The van der Waals surface area contributed by atoms with Crippen molar-refractivity contribution in [1.82, 2.24) is 14.5 Å². The molecular weight excluding hydrogens is 210 g/mol. The van der Waals surface area contributed by atoms with Crippen LogP contribution in [-0.4, -0.2) is 27.6 Å². The summed E-state index contributed by atoms with van der Waals surface area (Å²) < 4.78 is 6.20. The third kappa shape index (κ3) is 1.33. The van der Waals surface area contributed by atoms with Gasteiger partial charge in [-0.2, -0.15) is 9.97 Å². The summed E-state index contributed by atoms with van der Waals surface area (Å²) in [7, 11) is 2.99. The van der Waals surface area contributed by atoms with E-state index in [0.29, 0.717) is 16.7 Å². The van der Waals surface area contributed by atoms with Crippen LogP contribution in [0.25, 0.3) is 11.0 Å². The van der Waals surface area contributed by atoms with Crippen LogP contribution in [-0.2, 0) is 11.8 Å². The smallest absolute Gasteiger partial charge is 0.354 e. The van der Waals surface area contributed by atoms with Gasteiger partial charge in [-0.15, -0.1) is 0 Å². The standard InChI is InChI=1S/C9H11N5O2/c1-14-5(8(15)16-2)3-4-6(10)12-9(11)13-7(4)14/h3H,1-2H3,(H4,10,11,12,13). The summed E-state index contributed by atoms with van der Waals surface area (Å²) in [6, 6.07) is 1.58. The Labute approximate surface area is 91.0 Å². The fraction of sp³-hybridized carbons (Fsp3) is 0.222. The number of anilines is 2. The molecule has 0 radical (unpaired) electrons. The third-order valence-corrected chi connectivity index (χ3v) is 2.33. The van der Waals surface area contributed by atoms with Crippen molar-refractivity contribution in [3.63, 3.8) is 0 Å². The van der Waals surface area contributed by atoms with Crippen LogP contribution in [0.15, 0.2) is 6.07 Å². The van der Waals surface area contributed by atoms with Crippen LogP contribution in [0.1, 0.15) is 10.5 Å². The van der Waals surface area contributed by atoms with Gasteiger partial charge in [0.05, 0.1) is 12.5 Å². The average molecular weight is 221 g/mol. The van der Waals surface area contributed by atoms with Crippen LogP contribution in [0.2, 0.25) is 0 Å². The molecule has 2 aromatic rings. The van der Waals surface area contributed by atoms with Crippen molar-refractivity contribution in [2.75, 3.05) is 18.6 Å². The SMILES string of the molecule is COC(=O)c1cc2c(N)nc(N)nc2n1C. The minimum absolute atomic E-state index is 0.0719. The van der Waals surface area contributed by atoms with Crippen LogP contribution in [0.5, 0.6) is 0 Å². The molecule has 7 heteroatoms. The van der Waals surface area contributed by atoms with E-state index in [-0.39, 0.29) is 11.8 Å². The fourth-order valence-corrected chi connectivity index (χ4v) is 1.53. The third-order valence-electron chi connectivity index (χ3n) is 2.33. The molecule has 0 saturated carbocycles. The summed E-state index contributed by atoms with van der Waals surface area (Å²) in [4.78, 5) is 19.3. The van der Waals surface area contributed by atoms with Crippen molar-refractivity contribution < 1.29 is 9.53 Å². The Morgan fingerprint density at radius 2 is 2.12 bits per heavy atom. The number of aromatic nitrogens is 3. The lowest BCUT2D eigenvalue weighted by Crippen LogP contribution is -2.08. The van der Waals surface area contributed by atoms with Crippen LogP contribution in [0.3, 0.4) is 0 Å².